The van der Waals surface area contributed by atoms with Crippen LogP contribution in [0.25, 0.3) is 0 Å². The molecule has 1 aliphatic rings. The van der Waals surface area contributed by atoms with Gasteiger partial charge in [0, 0.05) is 31.5 Å². The molecule has 0 aromatic heterocycles. The number of hydrogen-bond acceptors (Lipinski definition) is 4. The number of rotatable bonds is 3. The summed E-state index contributed by atoms with van der Waals surface area (Å²) in [7, 11) is -1.78. The van der Waals surface area contributed by atoms with E-state index in [0.717, 1.165) is 6.26 Å². The van der Waals surface area contributed by atoms with Gasteiger partial charge < -0.3 is 5.32 Å². The van der Waals surface area contributed by atoms with Crippen LogP contribution in [0.2, 0.25) is 0 Å². The lowest BCUT2D eigenvalue weighted by Crippen LogP contribution is -2.60. The smallest absolute Gasteiger partial charge is 0.214 e. The van der Waals surface area contributed by atoms with Crippen LogP contribution in [0.15, 0.2) is 11.2 Å². The Morgan fingerprint density at radius 3 is 2.47 bits per heavy atom. The van der Waals surface area contributed by atoms with Crippen LogP contribution in [0.1, 0.15) is 13.8 Å². The zero-order valence-corrected chi connectivity index (χ0v) is 10.2. The number of aliphatic imine (C=N–C) groups is 1. The molecular formula is C9H16N3O2S. The fraction of sp³-hybridized carbons (Fsp3) is 0.667. The van der Waals surface area contributed by atoms with Crippen LogP contribution in [0.3, 0.4) is 0 Å². The van der Waals surface area contributed by atoms with Gasteiger partial charge in [-0.15, -0.1) is 0 Å². The maximum Gasteiger partial charge on any atom is 0.214 e. The third kappa shape index (κ3) is 2.21. The van der Waals surface area contributed by atoms with E-state index in [4.69, 9.17) is 0 Å². The number of allylic oxidation sites excluding steroid dienone is 1. The average Bonchev–Trinajstić information content (AvgIpc) is 2.16. The van der Waals surface area contributed by atoms with Gasteiger partial charge in [-0.1, -0.05) is 13.8 Å². The van der Waals surface area contributed by atoms with Gasteiger partial charge in [0.1, 0.15) is 0 Å². The van der Waals surface area contributed by atoms with E-state index in [0.29, 0.717) is 0 Å². The molecule has 0 bridgehead atoms. The van der Waals surface area contributed by atoms with E-state index in [1.807, 2.05) is 13.8 Å². The zero-order valence-electron chi connectivity index (χ0n) is 9.35. The van der Waals surface area contributed by atoms with Crippen LogP contribution in [-0.4, -0.2) is 38.0 Å². The second kappa shape index (κ2) is 3.94. The lowest BCUT2D eigenvalue weighted by molar-refractivity contribution is 0.131. The van der Waals surface area contributed by atoms with Gasteiger partial charge in [-0.05, 0) is 0 Å². The summed E-state index contributed by atoms with van der Waals surface area (Å²) in [5, 5.41) is 2.95. The normalized spacial score (nSPS) is 26.0. The summed E-state index contributed by atoms with van der Waals surface area (Å²) in [4.78, 5) is 4.20. The van der Waals surface area contributed by atoms with Gasteiger partial charge in [0.15, 0.2) is 0 Å². The Kier molecular flexibility index (Phi) is 3.20. The quantitative estimate of drug-likeness (QED) is 0.752. The van der Waals surface area contributed by atoms with Gasteiger partial charge in [0.2, 0.25) is 15.8 Å². The Labute approximate surface area is 90.9 Å². The molecule has 1 N–H and O–H groups in total. The van der Waals surface area contributed by atoms with E-state index < -0.39 is 15.8 Å². The average molecular weight is 230 g/mol. The molecule has 1 unspecified atom stereocenters. The van der Waals surface area contributed by atoms with Crippen molar-refractivity contribution >= 4 is 16.2 Å². The van der Waals surface area contributed by atoms with Gasteiger partial charge in [-0.3, -0.25) is 0 Å². The Morgan fingerprint density at radius 2 is 2.13 bits per heavy atom. The summed E-state index contributed by atoms with van der Waals surface area (Å²) in [6.07, 6.45) is 6.98. The topological polar surface area (TPSA) is 61.8 Å². The highest BCUT2D eigenvalue weighted by Crippen LogP contribution is 2.25. The van der Waals surface area contributed by atoms with Crippen LogP contribution in [0.5, 0.6) is 0 Å². The summed E-state index contributed by atoms with van der Waals surface area (Å²) in [6, 6.07) is 0. The van der Waals surface area contributed by atoms with Gasteiger partial charge in [0.05, 0.1) is 6.26 Å². The van der Waals surface area contributed by atoms with E-state index in [2.05, 4.69) is 16.4 Å². The molecule has 1 radical (unpaired) electrons. The largest absolute Gasteiger partial charge is 0.353 e. The third-order valence-electron chi connectivity index (χ3n) is 2.49. The molecular weight excluding hydrogens is 214 g/mol. The van der Waals surface area contributed by atoms with Gasteiger partial charge in [-0.25, -0.2) is 13.4 Å². The van der Waals surface area contributed by atoms with Crippen molar-refractivity contribution in [1.82, 2.24) is 9.62 Å². The lowest BCUT2D eigenvalue weighted by atomic mass is 10.1. The molecule has 0 spiro atoms. The molecule has 15 heavy (non-hydrogen) atoms. The highest BCUT2D eigenvalue weighted by Gasteiger charge is 2.41. The molecule has 6 heteroatoms. The van der Waals surface area contributed by atoms with Crippen molar-refractivity contribution in [3.63, 3.8) is 0 Å². The Hall–Kier alpha value is -0.880. The number of nitrogens with zero attached hydrogens (tertiary/aromatic N) is 2. The summed E-state index contributed by atoms with van der Waals surface area (Å²) in [5.74, 6) is -0.925. The first-order valence-corrected chi connectivity index (χ1v) is 6.48. The van der Waals surface area contributed by atoms with E-state index >= 15 is 0 Å². The SMILES string of the molecule is CC(C)C1(N(C)S(C)(=O)=O)N=C[C]=CN1. The van der Waals surface area contributed by atoms with Crippen molar-refractivity contribution in [3.8, 4) is 0 Å². The predicted molar refractivity (Wildman–Crippen MR) is 59.6 cm³/mol. The molecule has 1 rings (SSSR count). The third-order valence-corrected chi connectivity index (χ3v) is 3.76. The monoisotopic (exact) mass is 230 g/mol. The molecule has 0 fully saturated rings. The molecule has 0 saturated carbocycles. The molecule has 1 heterocycles. The summed E-state index contributed by atoms with van der Waals surface area (Å²) < 4.78 is 24.3. The van der Waals surface area contributed by atoms with Gasteiger partial charge >= 0.3 is 0 Å². The maximum atomic E-state index is 11.5. The van der Waals surface area contributed by atoms with Crippen molar-refractivity contribution < 1.29 is 8.42 Å². The standard InChI is InChI=1S/C9H16N3O2S/c1-8(2)9(10-6-5-7-11-9)12(3)15(4,13)14/h6-8,10H,1-4H3. The first-order chi connectivity index (χ1) is 6.81. The van der Waals surface area contributed by atoms with E-state index in [9.17, 15) is 8.42 Å². The van der Waals surface area contributed by atoms with E-state index in [-0.39, 0.29) is 5.92 Å². The highest BCUT2D eigenvalue weighted by molar-refractivity contribution is 7.88. The van der Waals surface area contributed by atoms with E-state index in [1.54, 1.807) is 6.20 Å². The highest BCUT2D eigenvalue weighted by atomic mass is 32.2. The molecule has 0 aromatic rings. The Balaban J connectivity index is 3.14. The van der Waals surface area contributed by atoms with Crippen molar-refractivity contribution in [3.05, 3.63) is 12.3 Å². The minimum Gasteiger partial charge on any atom is -0.353 e. The van der Waals surface area contributed by atoms with Crippen LogP contribution in [0, 0.1) is 12.0 Å². The van der Waals surface area contributed by atoms with Crippen LogP contribution in [-0.2, 0) is 10.0 Å². The minimum absolute atomic E-state index is 0.00632. The Bertz CT molecular complexity index is 386. The fourth-order valence-electron chi connectivity index (χ4n) is 1.46. The zero-order chi connectivity index (χ0) is 11.7. The van der Waals surface area contributed by atoms with Crippen molar-refractivity contribution in [2.24, 2.45) is 10.9 Å². The van der Waals surface area contributed by atoms with E-state index in [1.165, 1.54) is 17.6 Å². The minimum atomic E-state index is -3.30. The fourth-order valence-corrected chi connectivity index (χ4v) is 2.28. The van der Waals surface area contributed by atoms with Gasteiger partial charge in [0.25, 0.3) is 0 Å². The second-order valence-electron chi connectivity index (χ2n) is 3.82. The predicted octanol–water partition coefficient (Wildman–Crippen LogP) is 0.178. The number of sulfonamides is 1. The van der Waals surface area contributed by atoms with Gasteiger partial charge in [-0.2, -0.15) is 4.31 Å². The molecule has 0 amide bonds. The molecule has 0 saturated heterocycles. The molecule has 85 valence electrons. The number of hydrogen-bond donors (Lipinski definition) is 1. The van der Waals surface area contributed by atoms with Crippen molar-refractivity contribution in [2.45, 2.75) is 19.6 Å². The van der Waals surface area contributed by atoms with Crippen molar-refractivity contribution in [1.29, 1.82) is 0 Å². The molecule has 1 atom stereocenters. The second-order valence-corrected chi connectivity index (χ2v) is 5.84. The Morgan fingerprint density at radius 1 is 1.53 bits per heavy atom. The van der Waals surface area contributed by atoms with Crippen molar-refractivity contribution in [2.75, 3.05) is 13.3 Å². The van der Waals surface area contributed by atoms with Crippen LogP contribution < -0.4 is 5.32 Å². The number of nitrogens with one attached hydrogen (secondary N) is 1. The lowest BCUT2D eigenvalue weighted by Gasteiger charge is -2.41. The first kappa shape index (κ1) is 12.2. The molecule has 5 nitrogen and oxygen atoms in total. The van der Waals surface area contributed by atoms with Crippen LogP contribution >= 0.6 is 0 Å². The van der Waals surface area contributed by atoms with Crippen LogP contribution in [0.4, 0.5) is 0 Å². The summed E-state index contributed by atoms with van der Waals surface area (Å²) in [6.45, 7) is 3.82. The summed E-state index contributed by atoms with van der Waals surface area (Å²) >= 11 is 0. The molecule has 0 aliphatic carbocycles. The first-order valence-electron chi connectivity index (χ1n) is 4.64. The molecule has 0 aromatic carbocycles. The molecule has 1 aliphatic heterocycles. The summed E-state index contributed by atoms with van der Waals surface area (Å²) in [5.41, 5.74) is 0. The maximum absolute atomic E-state index is 11.5.